The Morgan fingerprint density at radius 2 is 2.00 bits per heavy atom. The third-order valence-corrected chi connectivity index (χ3v) is 8.92. The predicted octanol–water partition coefficient (Wildman–Crippen LogP) is 4.48. The van der Waals surface area contributed by atoms with Crippen molar-refractivity contribution in [3.63, 3.8) is 0 Å². The van der Waals surface area contributed by atoms with Gasteiger partial charge in [-0.3, -0.25) is 4.90 Å². The zero-order chi connectivity index (χ0) is 20.4. The second kappa shape index (κ2) is 8.94. The fourth-order valence-corrected chi connectivity index (χ4v) is 6.58. The number of hydrogen-bond acceptors (Lipinski definition) is 5. The maximum Gasteiger partial charge on any atom is 0.243 e. The van der Waals surface area contributed by atoms with Gasteiger partial charge in [0.25, 0.3) is 0 Å². The van der Waals surface area contributed by atoms with E-state index < -0.39 is 10.0 Å². The van der Waals surface area contributed by atoms with Gasteiger partial charge in [-0.15, -0.1) is 0 Å². The van der Waals surface area contributed by atoms with Crippen LogP contribution >= 0.6 is 22.9 Å². The molecule has 2 aliphatic rings. The summed E-state index contributed by atoms with van der Waals surface area (Å²) in [4.78, 5) is 2.80. The first kappa shape index (κ1) is 21.1. The standard InChI is InChI=1S/C21H27ClN2O3S2/c1-23(29(25,26)19-7-10-28-15-19)13-16-11-18(12-16)27-20-6-4-5-17(21(20)22)14-24-8-2-3-9-24/h4-7,10,15-16,18H,2-3,8-9,11-14H2,1H3. The van der Waals surface area contributed by atoms with E-state index in [-0.39, 0.29) is 6.10 Å². The first-order valence-corrected chi connectivity index (χ1v) is 12.8. The summed E-state index contributed by atoms with van der Waals surface area (Å²) in [5.41, 5.74) is 1.11. The van der Waals surface area contributed by atoms with Crippen molar-refractivity contribution >= 4 is 33.0 Å². The van der Waals surface area contributed by atoms with Gasteiger partial charge in [0.15, 0.2) is 0 Å². The number of rotatable bonds is 8. The minimum atomic E-state index is -3.39. The molecule has 0 radical (unpaired) electrons. The van der Waals surface area contributed by atoms with Crippen LogP contribution in [-0.2, 0) is 16.6 Å². The molecule has 0 unspecified atom stereocenters. The van der Waals surface area contributed by atoms with E-state index in [0.717, 1.165) is 43.8 Å². The molecule has 0 bridgehead atoms. The number of nitrogens with zero attached hydrogens (tertiary/aromatic N) is 2. The molecule has 2 fully saturated rings. The van der Waals surface area contributed by atoms with Gasteiger partial charge in [-0.25, -0.2) is 12.7 Å². The van der Waals surface area contributed by atoms with Crippen LogP contribution < -0.4 is 4.74 Å². The van der Waals surface area contributed by atoms with E-state index >= 15 is 0 Å². The number of sulfonamides is 1. The van der Waals surface area contributed by atoms with Gasteiger partial charge in [0.1, 0.15) is 5.75 Å². The maximum absolute atomic E-state index is 12.5. The molecule has 0 amide bonds. The monoisotopic (exact) mass is 454 g/mol. The van der Waals surface area contributed by atoms with Crippen molar-refractivity contribution in [3.05, 3.63) is 45.6 Å². The van der Waals surface area contributed by atoms with Gasteiger partial charge in [-0.1, -0.05) is 23.7 Å². The second-order valence-electron chi connectivity index (χ2n) is 8.03. The molecular formula is C21H27ClN2O3S2. The third kappa shape index (κ3) is 4.80. The molecule has 1 saturated heterocycles. The molecule has 2 aromatic rings. The molecule has 1 aromatic carbocycles. The average Bonchev–Trinajstić information content (AvgIpc) is 3.36. The second-order valence-corrected chi connectivity index (χ2v) is 11.2. The lowest BCUT2D eigenvalue weighted by Gasteiger charge is -2.37. The van der Waals surface area contributed by atoms with Crippen LogP contribution in [-0.4, -0.2) is 50.4 Å². The van der Waals surface area contributed by atoms with Crippen molar-refractivity contribution in [1.82, 2.24) is 9.21 Å². The number of halogens is 1. The van der Waals surface area contributed by atoms with Gasteiger partial charge in [0.2, 0.25) is 10.0 Å². The van der Waals surface area contributed by atoms with Crippen molar-refractivity contribution in [2.75, 3.05) is 26.7 Å². The average molecular weight is 455 g/mol. The SMILES string of the molecule is CN(CC1CC(Oc2cccc(CN3CCCC3)c2Cl)C1)S(=O)(=O)c1ccsc1. The Labute approximate surface area is 182 Å². The summed E-state index contributed by atoms with van der Waals surface area (Å²) in [7, 11) is -1.74. The summed E-state index contributed by atoms with van der Waals surface area (Å²) >= 11 is 8.01. The Morgan fingerprint density at radius 3 is 2.69 bits per heavy atom. The van der Waals surface area contributed by atoms with Crippen LogP contribution in [0.2, 0.25) is 5.02 Å². The minimum absolute atomic E-state index is 0.0942. The van der Waals surface area contributed by atoms with Crippen molar-refractivity contribution in [3.8, 4) is 5.75 Å². The topological polar surface area (TPSA) is 49.9 Å². The van der Waals surface area contributed by atoms with E-state index in [1.165, 1.54) is 28.5 Å². The summed E-state index contributed by atoms with van der Waals surface area (Å²) in [6.45, 7) is 3.65. The number of benzene rings is 1. The molecule has 8 heteroatoms. The summed E-state index contributed by atoms with van der Waals surface area (Å²) < 4.78 is 32.7. The van der Waals surface area contributed by atoms with Crippen molar-refractivity contribution in [1.29, 1.82) is 0 Å². The number of hydrogen-bond donors (Lipinski definition) is 0. The molecule has 0 N–H and O–H groups in total. The quantitative estimate of drug-likeness (QED) is 0.590. The van der Waals surface area contributed by atoms with Crippen molar-refractivity contribution < 1.29 is 13.2 Å². The maximum atomic E-state index is 12.5. The Bertz CT molecular complexity index is 921. The highest BCUT2D eigenvalue weighted by molar-refractivity contribution is 7.89. The molecule has 2 heterocycles. The number of thiophene rings is 1. The number of likely N-dealkylation sites (tertiary alicyclic amines) is 1. The molecule has 1 aromatic heterocycles. The van der Waals surface area contributed by atoms with Gasteiger partial charge >= 0.3 is 0 Å². The van der Waals surface area contributed by atoms with Crippen LogP contribution in [0.15, 0.2) is 39.9 Å². The Kier molecular flexibility index (Phi) is 6.51. The fraction of sp³-hybridized carbons (Fsp3) is 0.524. The highest BCUT2D eigenvalue weighted by Crippen LogP contribution is 2.37. The third-order valence-electron chi connectivity index (χ3n) is 5.84. The lowest BCUT2D eigenvalue weighted by atomic mass is 9.82. The zero-order valence-electron chi connectivity index (χ0n) is 16.6. The lowest BCUT2D eigenvalue weighted by molar-refractivity contribution is 0.0575. The van der Waals surface area contributed by atoms with Crippen LogP contribution in [0.4, 0.5) is 0 Å². The van der Waals surface area contributed by atoms with Crippen LogP contribution in [0.1, 0.15) is 31.2 Å². The molecule has 1 aliphatic heterocycles. The lowest BCUT2D eigenvalue weighted by Crippen LogP contribution is -2.41. The van der Waals surface area contributed by atoms with Crippen LogP contribution in [0.3, 0.4) is 0 Å². The molecular weight excluding hydrogens is 428 g/mol. The van der Waals surface area contributed by atoms with E-state index in [2.05, 4.69) is 11.0 Å². The first-order valence-electron chi connectivity index (χ1n) is 10.1. The number of ether oxygens (including phenoxy) is 1. The van der Waals surface area contributed by atoms with Gasteiger partial charge in [0.05, 0.1) is 16.0 Å². The van der Waals surface area contributed by atoms with E-state index in [1.807, 2.05) is 12.1 Å². The van der Waals surface area contributed by atoms with E-state index in [0.29, 0.717) is 22.4 Å². The largest absolute Gasteiger partial charge is 0.489 e. The molecule has 158 valence electrons. The highest BCUT2D eigenvalue weighted by Gasteiger charge is 2.34. The Morgan fingerprint density at radius 1 is 1.24 bits per heavy atom. The van der Waals surface area contributed by atoms with Crippen LogP contribution in [0.5, 0.6) is 5.75 Å². The van der Waals surface area contributed by atoms with Crippen molar-refractivity contribution in [2.45, 2.75) is 43.2 Å². The van der Waals surface area contributed by atoms with E-state index in [1.54, 1.807) is 23.9 Å². The molecule has 1 aliphatic carbocycles. The summed E-state index contributed by atoms with van der Waals surface area (Å²) in [6.07, 6.45) is 4.30. The molecule has 5 nitrogen and oxygen atoms in total. The van der Waals surface area contributed by atoms with Gasteiger partial charge < -0.3 is 4.74 Å². The Hall–Kier alpha value is -1.12. The van der Waals surface area contributed by atoms with Crippen LogP contribution in [0.25, 0.3) is 0 Å². The van der Waals surface area contributed by atoms with Gasteiger partial charge in [-0.2, -0.15) is 11.3 Å². The van der Waals surface area contributed by atoms with Gasteiger partial charge in [0, 0.05) is 25.5 Å². The minimum Gasteiger partial charge on any atom is -0.489 e. The van der Waals surface area contributed by atoms with E-state index in [9.17, 15) is 8.42 Å². The van der Waals surface area contributed by atoms with E-state index in [4.69, 9.17) is 16.3 Å². The molecule has 29 heavy (non-hydrogen) atoms. The summed E-state index contributed by atoms with van der Waals surface area (Å²) in [5.74, 6) is 1.05. The molecule has 1 saturated carbocycles. The first-order chi connectivity index (χ1) is 13.9. The normalized spacial score (nSPS) is 22.7. The smallest absolute Gasteiger partial charge is 0.243 e. The molecule has 0 spiro atoms. The zero-order valence-corrected chi connectivity index (χ0v) is 19.0. The highest BCUT2D eigenvalue weighted by atomic mass is 35.5. The fourth-order valence-electron chi connectivity index (χ4n) is 4.09. The Balaban J connectivity index is 1.29. The van der Waals surface area contributed by atoms with Crippen LogP contribution in [0, 0.1) is 5.92 Å². The molecule has 0 atom stereocenters. The summed E-state index contributed by atoms with van der Waals surface area (Å²) in [5, 5.41) is 4.17. The summed E-state index contributed by atoms with van der Waals surface area (Å²) in [6, 6.07) is 7.65. The van der Waals surface area contributed by atoms with Gasteiger partial charge in [-0.05, 0) is 67.8 Å². The molecule has 4 rings (SSSR count). The van der Waals surface area contributed by atoms with Crippen molar-refractivity contribution in [2.24, 2.45) is 5.92 Å². The predicted molar refractivity (Wildman–Crippen MR) is 117 cm³/mol.